The van der Waals surface area contributed by atoms with Gasteiger partial charge in [0.1, 0.15) is 5.54 Å². The van der Waals surface area contributed by atoms with Gasteiger partial charge in [-0.25, -0.2) is 9.80 Å². The molecule has 0 bridgehead atoms. The lowest BCUT2D eigenvalue weighted by Crippen LogP contribution is -2.49. The number of urea groups is 1. The Bertz CT molecular complexity index is 281. The Labute approximate surface area is 89.4 Å². The fourth-order valence-corrected chi connectivity index (χ4v) is 1.87. The van der Waals surface area contributed by atoms with Crippen molar-refractivity contribution in [1.82, 2.24) is 15.2 Å². The van der Waals surface area contributed by atoms with Gasteiger partial charge in [0.15, 0.2) is 0 Å². The van der Waals surface area contributed by atoms with Gasteiger partial charge in [0.2, 0.25) is 0 Å². The number of rotatable bonds is 0. The normalized spacial score (nSPS) is 30.5. The number of hydrazine groups is 1. The number of carbonyl (C=O) groups excluding carboxylic acids is 2. The Hall–Kier alpha value is -1.14. The van der Waals surface area contributed by atoms with Crippen LogP contribution in [0.3, 0.4) is 0 Å². The first-order valence-corrected chi connectivity index (χ1v) is 5.15. The maximum Gasteiger partial charge on any atom is 0.324 e. The summed E-state index contributed by atoms with van der Waals surface area (Å²) in [6, 6.07) is -0.333. The summed E-state index contributed by atoms with van der Waals surface area (Å²) >= 11 is 0. The van der Waals surface area contributed by atoms with E-state index in [0.29, 0.717) is 19.5 Å². The molecule has 15 heavy (non-hydrogen) atoms. The lowest BCUT2D eigenvalue weighted by Gasteiger charge is -2.19. The van der Waals surface area contributed by atoms with Gasteiger partial charge in [-0.15, -0.1) is 0 Å². The van der Waals surface area contributed by atoms with Crippen LogP contribution >= 0.6 is 0 Å². The largest absolute Gasteiger partial charge is 0.324 e. The molecule has 2 saturated heterocycles. The molecule has 3 N–H and O–H groups in total. The summed E-state index contributed by atoms with van der Waals surface area (Å²) < 4.78 is 0. The first kappa shape index (κ1) is 11.9. The molecule has 1 unspecified atom stereocenters. The first-order valence-electron chi connectivity index (χ1n) is 5.15. The number of carbonyl (C=O) groups is 2. The quantitative estimate of drug-likeness (QED) is 0.421. The van der Waals surface area contributed by atoms with Crippen LogP contribution in [0.25, 0.3) is 0 Å². The number of hydrogen-bond acceptors (Lipinski definition) is 4. The molecule has 86 valence electrons. The maximum atomic E-state index is 11.6. The Morgan fingerprint density at radius 3 is 2.33 bits per heavy atom. The van der Waals surface area contributed by atoms with Crippen molar-refractivity contribution in [1.29, 1.82) is 0 Å². The summed E-state index contributed by atoms with van der Waals surface area (Å²) in [6.45, 7) is 5.04. The number of nitrogens with one attached hydrogen (secondary N) is 1. The molecule has 0 aromatic heterocycles. The summed E-state index contributed by atoms with van der Waals surface area (Å²) in [5, 5.41) is 4.23. The van der Waals surface area contributed by atoms with E-state index >= 15 is 0 Å². The average Bonchev–Trinajstić information content (AvgIpc) is 2.69. The topological polar surface area (TPSA) is 78.7 Å². The molecule has 2 heterocycles. The first-order chi connectivity index (χ1) is 7.05. The minimum atomic E-state index is -0.749. The molecule has 2 rings (SSSR count). The van der Waals surface area contributed by atoms with Gasteiger partial charge in [-0.05, 0) is 6.42 Å². The minimum absolute atomic E-state index is 0.176. The Morgan fingerprint density at radius 2 is 2.00 bits per heavy atom. The van der Waals surface area contributed by atoms with Crippen LogP contribution in [0.4, 0.5) is 4.79 Å². The summed E-state index contributed by atoms with van der Waals surface area (Å²) in [4.78, 5) is 23.9. The van der Waals surface area contributed by atoms with Crippen molar-refractivity contribution in [3.05, 3.63) is 0 Å². The van der Waals surface area contributed by atoms with E-state index in [1.54, 1.807) is 5.01 Å². The number of imide groups is 1. The molecule has 0 radical (unpaired) electrons. The fourth-order valence-electron chi connectivity index (χ4n) is 1.87. The monoisotopic (exact) mass is 214 g/mol. The van der Waals surface area contributed by atoms with Gasteiger partial charge in [-0.3, -0.25) is 15.5 Å². The van der Waals surface area contributed by atoms with Crippen LogP contribution in [0.1, 0.15) is 20.3 Å². The molecule has 0 aromatic carbocycles. The van der Waals surface area contributed by atoms with E-state index in [4.69, 9.17) is 5.84 Å². The van der Waals surface area contributed by atoms with E-state index in [2.05, 4.69) is 5.32 Å². The highest BCUT2D eigenvalue weighted by Crippen LogP contribution is 2.25. The van der Waals surface area contributed by atoms with Crippen LogP contribution < -0.4 is 11.2 Å². The lowest BCUT2D eigenvalue weighted by atomic mass is 9.99. The van der Waals surface area contributed by atoms with Crippen molar-refractivity contribution in [3.63, 3.8) is 0 Å². The molecule has 0 saturated carbocycles. The van der Waals surface area contributed by atoms with Gasteiger partial charge < -0.3 is 5.32 Å². The molecule has 6 heteroatoms. The van der Waals surface area contributed by atoms with Crippen molar-refractivity contribution >= 4 is 11.9 Å². The molecule has 1 atom stereocenters. The van der Waals surface area contributed by atoms with Crippen LogP contribution in [0.5, 0.6) is 0 Å². The van der Waals surface area contributed by atoms with Crippen LogP contribution in [0.15, 0.2) is 0 Å². The van der Waals surface area contributed by atoms with Crippen molar-refractivity contribution in [3.8, 4) is 0 Å². The standard InChI is InChI=1S/C7H12N4O2.C2H6/c1-10-5(12)7(9-6(10)13)2-3-11(8)4-7;1-2/h2-4,8H2,1H3,(H,9,13);1-2H3. The molecule has 2 aliphatic rings. The van der Waals surface area contributed by atoms with E-state index in [-0.39, 0.29) is 11.9 Å². The predicted molar refractivity (Wildman–Crippen MR) is 55.8 cm³/mol. The number of nitrogens with two attached hydrogens (primary N) is 1. The van der Waals surface area contributed by atoms with Gasteiger partial charge in [0.25, 0.3) is 5.91 Å². The van der Waals surface area contributed by atoms with Crippen molar-refractivity contribution in [2.24, 2.45) is 5.84 Å². The molecule has 2 aliphatic heterocycles. The second-order valence-electron chi connectivity index (χ2n) is 3.60. The van der Waals surface area contributed by atoms with Gasteiger partial charge in [0.05, 0.1) is 0 Å². The van der Waals surface area contributed by atoms with E-state index in [1.807, 2.05) is 13.8 Å². The van der Waals surface area contributed by atoms with Crippen molar-refractivity contribution < 1.29 is 9.59 Å². The predicted octanol–water partition coefficient (Wildman–Crippen LogP) is -0.488. The molecule has 1 spiro atoms. The van der Waals surface area contributed by atoms with E-state index < -0.39 is 5.54 Å². The third-order valence-electron chi connectivity index (χ3n) is 2.66. The highest BCUT2D eigenvalue weighted by molar-refractivity contribution is 6.07. The summed E-state index contributed by atoms with van der Waals surface area (Å²) in [5.41, 5.74) is -0.749. The zero-order valence-electron chi connectivity index (χ0n) is 9.41. The van der Waals surface area contributed by atoms with Crippen LogP contribution in [-0.2, 0) is 4.79 Å². The smallest absolute Gasteiger partial charge is 0.322 e. The molecule has 0 aromatic rings. The molecular formula is C9H18N4O2. The number of nitrogens with zero attached hydrogens (tertiary/aromatic N) is 2. The highest BCUT2D eigenvalue weighted by Gasteiger charge is 2.52. The highest BCUT2D eigenvalue weighted by atomic mass is 16.2. The SMILES string of the molecule is CC.CN1C(=O)NC2(CCN(N)C2)C1=O. The van der Waals surface area contributed by atoms with Crippen LogP contribution in [-0.4, -0.2) is 47.5 Å². The van der Waals surface area contributed by atoms with E-state index in [0.717, 1.165) is 4.90 Å². The van der Waals surface area contributed by atoms with Crippen molar-refractivity contribution in [2.75, 3.05) is 20.1 Å². The zero-order valence-corrected chi connectivity index (χ0v) is 9.41. The molecule has 2 fully saturated rings. The van der Waals surface area contributed by atoms with Gasteiger partial charge in [0, 0.05) is 20.1 Å². The van der Waals surface area contributed by atoms with Gasteiger partial charge >= 0.3 is 6.03 Å². The summed E-state index contributed by atoms with van der Waals surface area (Å²) in [6.07, 6.45) is 0.596. The fraction of sp³-hybridized carbons (Fsp3) is 0.778. The Balaban J connectivity index is 0.000000531. The minimum Gasteiger partial charge on any atom is -0.322 e. The van der Waals surface area contributed by atoms with Gasteiger partial charge in [-0.1, -0.05) is 13.8 Å². The third kappa shape index (κ3) is 1.82. The number of hydrogen-bond donors (Lipinski definition) is 2. The van der Waals surface area contributed by atoms with Crippen LogP contribution in [0.2, 0.25) is 0 Å². The molecular weight excluding hydrogens is 196 g/mol. The Morgan fingerprint density at radius 1 is 1.40 bits per heavy atom. The zero-order chi connectivity index (χ0) is 11.6. The second-order valence-corrected chi connectivity index (χ2v) is 3.60. The maximum absolute atomic E-state index is 11.6. The summed E-state index contributed by atoms with van der Waals surface area (Å²) in [5.74, 6) is 5.38. The number of amides is 3. The molecule has 0 aliphatic carbocycles. The lowest BCUT2D eigenvalue weighted by molar-refractivity contribution is -0.130. The number of likely N-dealkylation sites (N-methyl/N-ethyl adjacent to an activating group) is 1. The van der Waals surface area contributed by atoms with Gasteiger partial charge in [-0.2, -0.15) is 0 Å². The Kier molecular flexibility index (Phi) is 3.31. The summed E-state index contributed by atoms with van der Waals surface area (Å²) in [7, 11) is 1.48. The van der Waals surface area contributed by atoms with E-state index in [9.17, 15) is 9.59 Å². The van der Waals surface area contributed by atoms with Crippen LogP contribution in [0, 0.1) is 0 Å². The third-order valence-corrected chi connectivity index (χ3v) is 2.66. The van der Waals surface area contributed by atoms with E-state index in [1.165, 1.54) is 7.05 Å². The average molecular weight is 214 g/mol. The molecule has 3 amide bonds. The van der Waals surface area contributed by atoms with Crippen molar-refractivity contribution in [2.45, 2.75) is 25.8 Å². The molecule has 6 nitrogen and oxygen atoms in total. The second kappa shape index (κ2) is 4.16.